The summed E-state index contributed by atoms with van der Waals surface area (Å²) in [6.07, 6.45) is -0.0283. The lowest BCUT2D eigenvalue weighted by Crippen LogP contribution is -2.28. The molecule has 106 valence electrons. The van der Waals surface area contributed by atoms with Crippen molar-refractivity contribution in [3.63, 3.8) is 0 Å². The topological polar surface area (TPSA) is 103 Å². The molecule has 0 aromatic carbocycles. The minimum Gasteiger partial charge on any atom is -0.469 e. The van der Waals surface area contributed by atoms with Crippen LogP contribution in [0.25, 0.3) is 0 Å². The Morgan fingerprint density at radius 2 is 2.25 bits per heavy atom. The van der Waals surface area contributed by atoms with E-state index in [0.717, 1.165) is 0 Å². The van der Waals surface area contributed by atoms with Gasteiger partial charge in [0.05, 0.1) is 18.0 Å². The molecule has 20 heavy (non-hydrogen) atoms. The van der Waals surface area contributed by atoms with Gasteiger partial charge in [-0.2, -0.15) is 0 Å². The van der Waals surface area contributed by atoms with Crippen LogP contribution in [0.1, 0.15) is 12.1 Å². The fourth-order valence-electron chi connectivity index (χ4n) is 2.11. The number of pyridine rings is 1. The van der Waals surface area contributed by atoms with Gasteiger partial charge < -0.3 is 4.74 Å². The zero-order valence-corrected chi connectivity index (χ0v) is 11.0. The summed E-state index contributed by atoms with van der Waals surface area (Å²) >= 11 is 0. The first-order valence-corrected chi connectivity index (χ1v) is 5.94. The monoisotopic (exact) mass is 279 g/mol. The number of hydrogen-bond acceptors (Lipinski definition) is 6. The van der Waals surface area contributed by atoms with E-state index < -0.39 is 16.8 Å². The van der Waals surface area contributed by atoms with Gasteiger partial charge in [0, 0.05) is 24.7 Å². The molecule has 0 spiro atoms. The molecule has 0 N–H and O–H groups in total. The molecule has 1 fully saturated rings. The number of nitro groups is 1. The SMILES string of the molecule is COC(=O)C1CC(=O)N(c2nc(C)ccc2[N+](=O)[O-])C1. The molecule has 1 atom stereocenters. The van der Waals surface area contributed by atoms with Crippen molar-refractivity contribution in [1.82, 2.24) is 4.98 Å². The van der Waals surface area contributed by atoms with Gasteiger partial charge in [0.1, 0.15) is 0 Å². The standard InChI is InChI=1S/C12H13N3O5/c1-7-3-4-9(15(18)19)11(13-7)14-6-8(5-10(14)16)12(17)20-2/h3-4,8H,5-6H2,1-2H3. The van der Waals surface area contributed by atoms with Crippen LogP contribution in [0.2, 0.25) is 0 Å². The van der Waals surface area contributed by atoms with Crippen molar-refractivity contribution in [3.8, 4) is 0 Å². The number of hydrogen-bond donors (Lipinski definition) is 0. The molecule has 1 unspecified atom stereocenters. The van der Waals surface area contributed by atoms with E-state index in [2.05, 4.69) is 9.72 Å². The fourth-order valence-corrected chi connectivity index (χ4v) is 2.11. The Kier molecular flexibility index (Phi) is 3.64. The average molecular weight is 279 g/mol. The van der Waals surface area contributed by atoms with E-state index in [-0.39, 0.29) is 30.4 Å². The Morgan fingerprint density at radius 3 is 2.85 bits per heavy atom. The quantitative estimate of drug-likeness (QED) is 0.461. The molecule has 2 heterocycles. The Morgan fingerprint density at radius 1 is 1.55 bits per heavy atom. The van der Waals surface area contributed by atoms with Crippen molar-refractivity contribution in [1.29, 1.82) is 0 Å². The van der Waals surface area contributed by atoms with Gasteiger partial charge in [-0.25, -0.2) is 4.98 Å². The summed E-state index contributed by atoms with van der Waals surface area (Å²) in [5.41, 5.74) is 0.300. The third kappa shape index (κ3) is 2.44. The molecule has 1 aliphatic rings. The van der Waals surface area contributed by atoms with Crippen LogP contribution in [-0.2, 0) is 14.3 Å². The van der Waals surface area contributed by atoms with Gasteiger partial charge in [-0.15, -0.1) is 0 Å². The lowest BCUT2D eigenvalue weighted by Gasteiger charge is -2.15. The fraction of sp³-hybridized carbons (Fsp3) is 0.417. The molecule has 8 heteroatoms. The van der Waals surface area contributed by atoms with Crippen LogP contribution in [0.3, 0.4) is 0 Å². The van der Waals surface area contributed by atoms with Crippen LogP contribution in [0.15, 0.2) is 12.1 Å². The molecule has 2 rings (SSSR count). The number of rotatable bonds is 3. The minimum absolute atomic E-state index is 0.0218. The van der Waals surface area contributed by atoms with E-state index in [1.54, 1.807) is 6.92 Å². The molecule has 0 radical (unpaired) electrons. The summed E-state index contributed by atoms with van der Waals surface area (Å²) in [5, 5.41) is 11.0. The van der Waals surface area contributed by atoms with Crippen LogP contribution in [0.5, 0.6) is 0 Å². The zero-order chi connectivity index (χ0) is 14.9. The van der Waals surface area contributed by atoms with Gasteiger partial charge in [-0.1, -0.05) is 0 Å². The second kappa shape index (κ2) is 5.24. The Labute approximate surface area is 114 Å². The van der Waals surface area contributed by atoms with Crippen molar-refractivity contribution in [2.75, 3.05) is 18.6 Å². The number of aromatic nitrogens is 1. The number of carbonyl (C=O) groups is 2. The van der Waals surface area contributed by atoms with Gasteiger partial charge in [0.15, 0.2) is 0 Å². The second-order valence-electron chi connectivity index (χ2n) is 4.48. The van der Waals surface area contributed by atoms with Gasteiger partial charge in [0.2, 0.25) is 11.7 Å². The lowest BCUT2D eigenvalue weighted by atomic mass is 10.1. The van der Waals surface area contributed by atoms with Crippen LogP contribution >= 0.6 is 0 Å². The molecule has 0 saturated carbocycles. The zero-order valence-electron chi connectivity index (χ0n) is 11.0. The maximum Gasteiger partial charge on any atom is 0.312 e. The van der Waals surface area contributed by atoms with Crippen LogP contribution in [-0.4, -0.2) is 35.4 Å². The molecule has 1 aromatic rings. The summed E-state index contributed by atoms with van der Waals surface area (Å²) < 4.78 is 4.60. The summed E-state index contributed by atoms with van der Waals surface area (Å²) in [4.78, 5) is 39.1. The predicted octanol–water partition coefficient (Wildman–Crippen LogP) is 0.824. The van der Waals surface area contributed by atoms with Gasteiger partial charge in [-0.3, -0.25) is 24.6 Å². The minimum atomic E-state index is -0.616. The first-order chi connectivity index (χ1) is 9.43. The molecule has 0 aliphatic carbocycles. The highest BCUT2D eigenvalue weighted by Crippen LogP contribution is 2.31. The smallest absolute Gasteiger partial charge is 0.312 e. The second-order valence-corrected chi connectivity index (χ2v) is 4.48. The highest BCUT2D eigenvalue weighted by atomic mass is 16.6. The van der Waals surface area contributed by atoms with E-state index in [4.69, 9.17) is 0 Å². The summed E-state index contributed by atoms with van der Waals surface area (Å²) in [6, 6.07) is 2.80. The van der Waals surface area contributed by atoms with Crippen molar-refractivity contribution < 1.29 is 19.2 Å². The van der Waals surface area contributed by atoms with E-state index in [1.807, 2.05) is 0 Å². The van der Waals surface area contributed by atoms with E-state index >= 15 is 0 Å². The highest BCUT2D eigenvalue weighted by Gasteiger charge is 2.39. The molecule has 0 bridgehead atoms. The van der Waals surface area contributed by atoms with Gasteiger partial charge in [-0.05, 0) is 13.0 Å². The number of esters is 1. The molecule has 1 aliphatic heterocycles. The largest absolute Gasteiger partial charge is 0.469 e. The third-order valence-electron chi connectivity index (χ3n) is 3.11. The Hall–Kier alpha value is -2.51. The number of carbonyl (C=O) groups excluding carboxylic acids is 2. The summed E-state index contributed by atoms with van der Waals surface area (Å²) in [6.45, 7) is 1.72. The molecular formula is C12H13N3O5. The van der Waals surface area contributed by atoms with E-state index in [9.17, 15) is 19.7 Å². The van der Waals surface area contributed by atoms with Crippen molar-refractivity contribution in [2.24, 2.45) is 5.92 Å². The number of ether oxygens (including phenoxy) is 1. The number of methoxy groups -OCH3 is 1. The summed E-state index contributed by atoms with van der Waals surface area (Å²) in [5.74, 6) is -1.52. The van der Waals surface area contributed by atoms with Crippen molar-refractivity contribution in [2.45, 2.75) is 13.3 Å². The first kappa shape index (κ1) is 13.9. The first-order valence-electron chi connectivity index (χ1n) is 5.94. The predicted molar refractivity (Wildman–Crippen MR) is 68.1 cm³/mol. The lowest BCUT2D eigenvalue weighted by molar-refractivity contribution is -0.384. The molecule has 8 nitrogen and oxygen atoms in total. The van der Waals surface area contributed by atoms with Crippen LogP contribution in [0, 0.1) is 23.0 Å². The normalized spacial score (nSPS) is 18.2. The Bertz CT molecular complexity index is 586. The van der Waals surface area contributed by atoms with E-state index in [0.29, 0.717) is 5.69 Å². The summed E-state index contributed by atoms with van der Waals surface area (Å²) in [7, 11) is 1.24. The van der Waals surface area contributed by atoms with Crippen LogP contribution in [0.4, 0.5) is 11.5 Å². The van der Waals surface area contributed by atoms with Crippen molar-refractivity contribution >= 4 is 23.4 Å². The highest BCUT2D eigenvalue weighted by molar-refractivity contribution is 6.00. The molecule has 1 amide bonds. The molecule has 1 aromatic heterocycles. The number of nitrogens with zero attached hydrogens (tertiary/aromatic N) is 3. The van der Waals surface area contributed by atoms with Crippen molar-refractivity contribution in [3.05, 3.63) is 27.9 Å². The number of amides is 1. The number of anilines is 1. The van der Waals surface area contributed by atoms with Gasteiger partial charge in [0.25, 0.3) is 0 Å². The maximum atomic E-state index is 11.9. The molecule has 1 saturated heterocycles. The maximum absolute atomic E-state index is 11.9. The average Bonchev–Trinajstić information content (AvgIpc) is 2.79. The van der Waals surface area contributed by atoms with Gasteiger partial charge >= 0.3 is 11.7 Å². The molecular weight excluding hydrogens is 266 g/mol. The Balaban J connectivity index is 2.37. The third-order valence-corrected chi connectivity index (χ3v) is 3.11. The van der Waals surface area contributed by atoms with E-state index in [1.165, 1.54) is 24.1 Å². The number of aryl methyl sites for hydroxylation is 1. The van der Waals surface area contributed by atoms with Crippen LogP contribution < -0.4 is 4.90 Å².